The average Bonchev–Trinajstić information content (AvgIpc) is 2.53. The van der Waals surface area contributed by atoms with Crippen LogP contribution < -0.4 is 16.4 Å². The molecular formula is C15H16ClN3O6S2. The number of hydrogen-bond acceptors (Lipinski definition) is 6. The molecule has 2 rings (SSSR count). The Kier molecular flexibility index (Phi) is 6.31. The lowest BCUT2D eigenvalue weighted by molar-refractivity contribution is 0.262. The van der Waals surface area contributed by atoms with Gasteiger partial charge in [-0.2, -0.15) is 8.42 Å². The number of anilines is 3. The number of nitrogens with two attached hydrogens (primary N) is 1. The molecule has 0 heterocycles. The number of urea groups is 1. The van der Waals surface area contributed by atoms with E-state index in [0.29, 0.717) is 0 Å². The van der Waals surface area contributed by atoms with E-state index in [2.05, 4.69) is 10.6 Å². The molecule has 0 unspecified atom stereocenters. The number of rotatable bonds is 6. The fraction of sp³-hybridized carbons (Fsp3) is 0.133. The van der Waals surface area contributed by atoms with Gasteiger partial charge in [-0.15, -0.1) is 11.6 Å². The van der Waals surface area contributed by atoms with Crippen molar-refractivity contribution in [2.24, 2.45) is 0 Å². The fourth-order valence-corrected chi connectivity index (χ4v) is 4.38. The van der Waals surface area contributed by atoms with Crippen molar-refractivity contribution in [3.63, 3.8) is 0 Å². The van der Waals surface area contributed by atoms with Crippen molar-refractivity contribution < 1.29 is 26.2 Å². The summed E-state index contributed by atoms with van der Waals surface area (Å²) in [6.07, 6.45) is 0. The zero-order valence-corrected chi connectivity index (χ0v) is 16.1. The van der Waals surface area contributed by atoms with Crippen molar-refractivity contribution in [2.75, 3.05) is 28.0 Å². The summed E-state index contributed by atoms with van der Waals surface area (Å²) in [7, 11) is -8.02. The monoisotopic (exact) mass is 433 g/mol. The molecule has 5 N–H and O–H groups in total. The molecule has 0 radical (unpaired) electrons. The maximum Gasteiger partial charge on any atom is 0.323 e. The Morgan fingerprint density at radius 2 is 1.67 bits per heavy atom. The van der Waals surface area contributed by atoms with E-state index in [0.717, 1.165) is 12.1 Å². The topological polar surface area (TPSA) is 156 Å². The lowest BCUT2D eigenvalue weighted by atomic mass is 10.3. The summed E-state index contributed by atoms with van der Waals surface area (Å²) in [6.45, 7) is 0. The standard InChI is InChI=1S/C15H16ClN3O6S2/c16-6-7-26(21,22)12-3-1-2-10(8-12)18-15(20)19-11-4-5-14(13(17)9-11)27(23,24)25/h1-5,8-9H,6-7,17H2,(H2,18,19,20)(H,23,24,25). The third kappa shape index (κ3) is 5.57. The van der Waals surface area contributed by atoms with Crippen LogP contribution in [0.25, 0.3) is 0 Å². The second kappa shape index (κ2) is 8.13. The molecule has 0 aliphatic heterocycles. The van der Waals surface area contributed by atoms with Crippen LogP contribution in [0.3, 0.4) is 0 Å². The Bertz CT molecular complexity index is 1070. The molecule has 0 aliphatic rings. The number of nitrogens with one attached hydrogen (secondary N) is 2. The second-order valence-electron chi connectivity index (χ2n) is 5.34. The molecule has 0 saturated heterocycles. The van der Waals surface area contributed by atoms with Crippen molar-refractivity contribution in [1.82, 2.24) is 0 Å². The fourth-order valence-electron chi connectivity index (χ4n) is 2.14. The summed E-state index contributed by atoms with van der Waals surface area (Å²) in [5, 5.41) is 4.87. The van der Waals surface area contributed by atoms with Crippen molar-refractivity contribution in [3.05, 3.63) is 42.5 Å². The van der Waals surface area contributed by atoms with E-state index in [1.165, 1.54) is 30.3 Å². The lowest BCUT2D eigenvalue weighted by Crippen LogP contribution is -2.20. The maximum absolute atomic E-state index is 12.1. The Morgan fingerprint density at radius 3 is 2.22 bits per heavy atom. The predicted octanol–water partition coefficient (Wildman–Crippen LogP) is 2.17. The number of benzene rings is 2. The van der Waals surface area contributed by atoms with Gasteiger partial charge >= 0.3 is 6.03 Å². The summed E-state index contributed by atoms with van der Waals surface area (Å²) in [5.74, 6) is -0.287. The van der Waals surface area contributed by atoms with Gasteiger partial charge < -0.3 is 16.4 Å². The molecule has 9 nitrogen and oxygen atoms in total. The number of alkyl halides is 1. The molecule has 0 aromatic heterocycles. The van der Waals surface area contributed by atoms with Crippen LogP contribution in [0.5, 0.6) is 0 Å². The van der Waals surface area contributed by atoms with Crippen LogP contribution >= 0.6 is 11.6 Å². The van der Waals surface area contributed by atoms with Crippen LogP contribution in [0.2, 0.25) is 0 Å². The number of carbonyl (C=O) groups is 1. The van der Waals surface area contributed by atoms with E-state index in [9.17, 15) is 21.6 Å². The minimum Gasteiger partial charge on any atom is -0.398 e. The minimum atomic E-state index is -4.47. The van der Waals surface area contributed by atoms with Crippen molar-refractivity contribution in [3.8, 4) is 0 Å². The summed E-state index contributed by atoms with van der Waals surface area (Å²) in [6, 6.07) is 8.37. The largest absolute Gasteiger partial charge is 0.398 e. The van der Waals surface area contributed by atoms with Crippen LogP contribution in [0.4, 0.5) is 21.9 Å². The van der Waals surface area contributed by atoms with Gasteiger partial charge in [0.2, 0.25) is 0 Å². The lowest BCUT2D eigenvalue weighted by Gasteiger charge is -2.10. The first kappa shape index (κ1) is 21.0. The predicted molar refractivity (Wildman–Crippen MR) is 103 cm³/mol. The van der Waals surface area contributed by atoms with Gasteiger partial charge in [0.05, 0.1) is 16.3 Å². The maximum atomic E-state index is 12.1. The van der Waals surface area contributed by atoms with Gasteiger partial charge in [0, 0.05) is 17.3 Å². The van der Waals surface area contributed by atoms with Crippen molar-refractivity contribution >= 4 is 54.6 Å². The molecule has 2 aromatic carbocycles. The first-order valence-electron chi connectivity index (χ1n) is 7.37. The van der Waals surface area contributed by atoms with Crippen molar-refractivity contribution in [1.29, 1.82) is 0 Å². The molecule has 0 saturated carbocycles. The number of amides is 2. The Hall–Kier alpha value is -2.34. The Balaban J connectivity index is 2.14. The van der Waals surface area contributed by atoms with E-state index in [1.807, 2.05) is 0 Å². The zero-order chi connectivity index (χ0) is 20.2. The number of sulfone groups is 1. The van der Waals surface area contributed by atoms with E-state index >= 15 is 0 Å². The van der Waals surface area contributed by atoms with E-state index in [-0.39, 0.29) is 33.6 Å². The van der Waals surface area contributed by atoms with Gasteiger partial charge in [-0.05, 0) is 36.4 Å². The van der Waals surface area contributed by atoms with E-state index in [4.69, 9.17) is 21.9 Å². The van der Waals surface area contributed by atoms with Crippen LogP contribution in [0.1, 0.15) is 0 Å². The Morgan fingerprint density at radius 1 is 1.04 bits per heavy atom. The first-order valence-corrected chi connectivity index (χ1v) is 11.0. The summed E-state index contributed by atoms with van der Waals surface area (Å²) in [4.78, 5) is 11.6. The molecule has 0 bridgehead atoms. The number of nitrogen functional groups attached to an aromatic ring is 1. The molecule has 27 heavy (non-hydrogen) atoms. The average molecular weight is 434 g/mol. The zero-order valence-electron chi connectivity index (χ0n) is 13.7. The van der Waals surface area contributed by atoms with Crippen LogP contribution in [-0.2, 0) is 20.0 Å². The minimum absolute atomic E-state index is 0.0164. The van der Waals surface area contributed by atoms with Crippen LogP contribution in [-0.4, -0.2) is 39.1 Å². The summed E-state index contributed by atoms with van der Waals surface area (Å²) < 4.78 is 55.2. The van der Waals surface area contributed by atoms with Crippen LogP contribution in [0.15, 0.2) is 52.3 Å². The van der Waals surface area contributed by atoms with E-state index in [1.54, 1.807) is 0 Å². The number of halogens is 1. The van der Waals surface area contributed by atoms with Crippen molar-refractivity contribution in [2.45, 2.75) is 9.79 Å². The molecule has 146 valence electrons. The molecule has 0 aliphatic carbocycles. The van der Waals surface area contributed by atoms with Gasteiger partial charge in [-0.25, -0.2) is 13.2 Å². The number of hydrogen-bond donors (Lipinski definition) is 4. The third-order valence-electron chi connectivity index (χ3n) is 3.34. The van der Waals surface area contributed by atoms with Gasteiger partial charge in [0.25, 0.3) is 10.1 Å². The normalized spacial score (nSPS) is 11.8. The Labute approximate surface area is 161 Å². The summed E-state index contributed by atoms with van der Waals surface area (Å²) >= 11 is 5.48. The molecule has 0 fully saturated rings. The quantitative estimate of drug-likeness (QED) is 0.309. The first-order chi connectivity index (χ1) is 12.5. The van der Waals surface area contributed by atoms with Crippen LogP contribution in [0, 0.1) is 0 Å². The highest BCUT2D eigenvalue weighted by molar-refractivity contribution is 7.91. The smallest absolute Gasteiger partial charge is 0.323 e. The third-order valence-corrected chi connectivity index (χ3v) is 6.40. The molecule has 2 amide bonds. The molecule has 12 heteroatoms. The molecule has 0 atom stereocenters. The van der Waals surface area contributed by atoms with Gasteiger partial charge in [-0.1, -0.05) is 6.07 Å². The molecule has 0 spiro atoms. The molecular weight excluding hydrogens is 418 g/mol. The highest BCUT2D eigenvalue weighted by atomic mass is 35.5. The second-order valence-corrected chi connectivity index (χ2v) is 9.22. The number of carbonyl (C=O) groups excluding carboxylic acids is 1. The van der Waals surface area contributed by atoms with Gasteiger partial charge in [0.15, 0.2) is 9.84 Å². The highest BCUT2D eigenvalue weighted by Crippen LogP contribution is 2.23. The summed E-state index contributed by atoms with van der Waals surface area (Å²) in [5.41, 5.74) is 5.70. The van der Waals surface area contributed by atoms with Gasteiger partial charge in [-0.3, -0.25) is 4.55 Å². The van der Waals surface area contributed by atoms with Gasteiger partial charge in [0.1, 0.15) is 4.90 Å². The van der Waals surface area contributed by atoms with E-state index < -0.39 is 30.9 Å². The molecule has 2 aromatic rings. The highest BCUT2D eigenvalue weighted by Gasteiger charge is 2.16. The SMILES string of the molecule is Nc1cc(NC(=O)Nc2cccc(S(=O)(=O)CCCl)c2)ccc1S(=O)(=O)O.